The van der Waals surface area contributed by atoms with Crippen molar-refractivity contribution in [3.05, 3.63) is 64.7 Å². The van der Waals surface area contributed by atoms with Gasteiger partial charge in [0.25, 0.3) is 0 Å². The summed E-state index contributed by atoms with van der Waals surface area (Å²) in [6.07, 6.45) is -0.287. The highest BCUT2D eigenvalue weighted by Gasteiger charge is 2.52. The number of carbonyl (C=O) groups is 2. The highest BCUT2D eigenvalue weighted by Crippen LogP contribution is 2.51. The van der Waals surface area contributed by atoms with Crippen LogP contribution >= 0.6 is 11.6 Å². The molecular weight excluding hydrogens is 476 g/mol. The van der Waals surface area contributed by atoms with Gasteiger partial charge in [0.15, 0.2) is 0 Å². The summed E-state index contributed by atoms with van der Waals surface area (Å²) in [5, 5.41) is 23.2. The van der Waals surface area contributed by atoms with Crippen LogP contribution < -0.4 is 4.74 Å². The summed E-state index contributed by atoms with van der Waals surface area (Å²) in [4.78, 5) is 27.1. The third kappa shape index (κ3) is 5.85. The molecule has 0 aliphatic heterocycles. The lowest BCUT2D eigenvalue weighted by Gasteiger charge is -2.46. The van der Waals surface area contributed by atoms with Gasteiger partial charge in [-0.15, -0.1) is 0 Å². The lowest BCUT2D eigenvalue weighted by Crippen LogP contribution is -2.51. The third-order valence-electron chi connectivity index (χ3n) is 7.74. The minimum atomic E-state index is -0.915. The maximum atomic E-state index is 13.5. The number of carbonyl (C=O) groups excluding carboxylic acids is 2. The third-order valence-corrected chi connectivity index (χ3v) is 7.97. The summed E-state index contributed by atoms with van der Waals surface area (Å²) in [5.41, 5.74) is 0.919. The minimum Gasteiger partial charge on any atom is -0.489 e. The van der Waals surface area contributed by atoms with Crippen LogP contribution in [0.15, 0.2) is 48.5 Å². The number of aliphatic hydroxyl groups is 2. The van der Waals surface area contributed by atoms with Gasteiger partial charge < -0.3 is 14.9 Å². The average molecular weight is 513 g/mol. The smallest absolute Gasteiger partial charge is 0.139 e. The summed E-state index contributed by atoms with van der Waals surface area (Å²) in [7, 11) is 0. The van der Waals surface area contributed by atoms with E-state index in [1.54, 1.807) is 6.07 Å². The van der Waals surface area contributed by atoms with Crippen molar-refractivity contribution in [2.24, 2.45) is 22.7 Å². The van der Waals surface area contributed by atoms with Crippen molar-refractivity contribution < 1.29 is 24.5 Å². The largest absolute Gasteiger partial charge is 0.489 e. The number of ether oxygens (including phenoxy) is 1. The maximum Gasteiger partial charge on any atom is 0.139 e. The molecule has 1 unspecified atom stereocenters. The molecule has 2 N–H and O–H groups in total. The Balaban J connectivity index is 1.76. The highest BCUT2D eigenvalue weighted by atomic mass is 35.5. The van der Waals surface area contributed by atoms with E-state index in [-0.39, 0.29) is 29.0 Å². The van der Waals surface area contributed by atoms with Crippen LogP contribution in [0.2, 0.25) is 5.02 Å². The van der Waals surface area contributed by atoms with E-state index < -0.39 is 30.0 Å². The fourth-order valence-electron chi connectivity index (χ4n) is 6.30. The van der Waals surface area contributed by atoms with Gasteiger partial charge in [-0.3, -0.25) is 9.59 Å². The predicted molar refractivity (Wildman–Crippen MR) is 140 cm³/mol. The Morgan fingerprint density at radius 1 is 0.889 bits per heavy atom. The molecule has 2 aliphatic rings. The lowest BCUT2D eigenvalue weighted by atomic mass is 9.58. The Morgan fingerprint density at radius 2 is 1.44 bits per heavy atom. The second kappa shape index (κ2) is 10.3. The second-order valence-electron chi connectivity index (χ2n) is 12.2. The first-order chi connectivity index (χ1) is 16.9. The van der Waals surface area contributed by atoms with E-state index in [4.69, 9.17) is 16.3 Å². The number of rotatable bonds is 6. The quantitative estimate of drug-likeness (QED) is 0.516. The number of benzene rings is 2. The molecule has 0 saturated heterocycles. The molecule has 0 amide bonds. The number of para-hydroxylation sites is 1. The molecule has 5 atom stereocenters. The van der Waals surface area contributed by atoms with E-state index in [1.165, 1.54) is 0 Å². The zero-order chi connectivity index (χ0) is 26.3. The monoisotopic (exact) mass is 512 g/mol. The van der Waals surface area contributed by atoms with Crippen LogP contribution in [0.3, 0.4) is 0 Å². The Kier molecular flexibility index (Phi) is 7.66. The fourth-order valence-corrected chi connectivity index (χ4v) is 6.52. The maximum absolute atomic E-state index is 13.5. The van der Waals surface area contributed by atoms with Gasteiger partial charge in [0.1, 0.15) is 23.9 Å². The molecule has 2 saturated carbocycles. The Hall–Kier alpha value is -2.21. The summed E-state index contributed by atoms with van der Waals surface area (Å²) in [5.74, 6) is -1.87. The molecule has 5 nitrogen and oxygen atoms in total. The van der Waals surface area contributed by atoms with Crippen molar-refractivity contribution in [3.8, 4) is 5.75 Å². The van der Waals surface area contributed by atoms with E-state index in [0.29, 0.717) is 42.0 Å². The molecule has 0 aromatic heterocycles. The molecule has 0 radical (unpaired) electrons. The molecule has 0 spiro atoms. The topological polar surface area (TPSA) is 83.8 Å². The average Bonchev–Trinajstić information content (AvgIpc) is 2.74. The molecule has 0 bridgehead atoms. The van der Waals surface area contributed by atoms with Gasteiger partial charge in [0.2, 0.25) is 0 Å². The first-order valence-corrected chi connectivity index (χ1v) is 13.1. The van der Waals surface area contributed by atoms with Crippen LogP contribution in [0.4, 0.5) is 0 Å². The van der Waals surface area contributed by atoms with Crippen molar-refractivity contribution in [2.75, 3.05) is 0 Å². The van der Waals surface area contributed by atoms with E-state index >= 15 is 0 Å². The molecule has 2 fully saturated rings. The molecule has 194 valence electrons. The van der Waals surface area contributed by atoms with Crippen LogP contribution in [0, 0.1) is 22.7 Å². The molecular formula is C30H37ClO5. The molecule has 4 rings (SSSR count). The van der Waals surface area contributed by atoms with Crippen LogP contribution in [0.1, 0.15) is 70.4 Å². The van der Waals surface area contributed by atoms with Gasteiger partial charge >= 0.3 is 0 Å². The van der Waals surface area contributed by atoms with Crippen molar-refractivity contribution in [3.63, 3.8) is 0 Å². The Bertz CT molecular complexity index is 1080. The summed E-state index contributed by atoms with van der Waals surface area (Å²) in [6.45, 7) is 8.16. The van der Waals surface area contributed by atoms with Crippen LogP contribution in [0.25, 0.3) is 0 Å². The zero-order valence-corrected chi connectivity index (χ0v) is 22.3. The fraction of sp³-hybridized carbons (Fsp3) is 0.533. The predicted octanol–water partition coefficient (Wildman–Crippen LogP) is 5.74. The minimum absolute atomic E-state index is 0.0711. The Labute approximate surface area is 218 Å². The SMILES string of the molecule is CC1(C)CC(=O)[C@H](C(c2ccccc2OCc2cccc(Cl)c2)[C@@H]2C(=O)CC(C)(C)C[C@@H]2O)[C@H](O)C1. The van der Waals surface area contributed by atoms with Gasteiger partial charge in [-0.25, -0.2) is 0 Å². The summed E-state index contributed by atoms with van der Waals surface area (Å²) in [6, 6.07) is 14.8. The molecule has 2 aromatic rings. The number of aliphatic hydroxyl groups excluding tert-OH is 2. The van der Waals surface area contributed by atoms with Gasteiger partial charge in [0, 0.05) is 23.8 Å². The Morgan fingerprint density at radius 3 is 1.97 bits per heavy atom. The summed E-state index contributed by atoms with van der Waals surface area (Å²) >= 11 is 6.14. The number of ketones is 2. The number of hydrogen-bond acceptors (Lipinski definition) is 5. The molecule has 6 heteroatoms. The van der Waals surface area contributed by atoms with Crippen molar-refractivity contribution in [1.82, 2.24) is 0 Å². The standard InChI is InChI=1S/C30H37ClO5/c1-29(2)13-21(32)27(22(33)14-29)26(28-23(34)15-30(3,4)16-24(28)35)20-10-5-6-11-25(20)36-17-18-8-7-9-19(31)12-18/h5-12,21,23,26-28,32,34H,13-17H2,1-4H3/t21-,23+,26?,27-,28+. The first-order valence-electron chi connectivity index (χ1n) is 12.7. The number of hydrogen-bond donors (Lipinski definition) is 2. The number of Topliss-reactive ketones (excluding diaryl/α,β-unsaturated/α-hetero) is 2. The van der Waals surface area contributed by atoms with E-state index in [0.717, 1.165) is 5.56 Å². The van der Waals surface area contributed by atoms with E-state index in [1.807, 2.05) is 70.2 Å². The molecule has 0 heterocycles. The number of halogens is 1. The highest BCUT2D eigenvalue weighted by molar-refractivity contribution is 6.30. The normalized spacial score (nSPS) is 28.5. The molecule has 2 aromatic carbocycles. The molecule has 36 heavy (non-hydrogen) atoms. The first kappa shape index (κ1) is 26.8. The lowest BCUT2D eigenvalue weighted by molar-refractivity contribution is -0.144. The molecule has 2 aliphatic carbocycles. The second-order valence-corrected chi connectivity index (χ2v) is 12.6. The van der Waals surface area contributed by atoms with Crippen LogP contribution in [-0.4, -0.2) is 34.0 Å². The van der Waals surface area contributed by atoms with Gasteiger partial charge in [-0.2, -0.15) is 0 Å². The van der Waals surface area contributed by atoms with Gasteiger partial charge in [0.05, 0.1) is 24.0 Å². The zero-order valence-electron chi connectivity index (χ0n) is 21.5. The van der Waals surface area contributed by atoms with Crippen molar-refractivity contribution >= 4 is 23.2 Å². The van der Waals surface area contributed by atoms with Crippen LogP contribution in [0.5, 0.6) is 5.75 Å². The van der Waals surface area contributed by atoms with E-state index in [9.17, 15) is 19.8 Å². The van der Waals surface area contributed by atoms with E-state index in [2.05, 4.69) is 0 Å². The summed E-state index contributed by atoms with van der Waals surface area (Å²) < 4.78 is 6.22. The van der Waals surface area contributed by atoms with Gasteiger partial charge in [-0.05, 0) is 53.0 Å². The van der Waals surface area contributed by atoms with Crippen molar-refractivity contribution in [2.45, 2.75) is 78.1 Å². The van der Waals surface area contributed by atoms with Gasteiger partial charge in [-0.1, -0.05) is 69.6 Å². The van der Waals surface area contributed by atoms with Crippen LogP contribution in [-0.2, 0) is 16.2 Å². The van der Waals surface area contributed by atoms with Crippen molar-refractivity contribution in [1.29, 1.82) is 0 Å².